The van der Waals surface area contributed by atoms with Crippen LogP contribution in [0.1, 0.15) is 25.0 Å². The Balaban J connectivity index is 2.07. The van der Waals surface area contributed by atoms with E-state index in [9.17, 15) is 4.39 Å². The van der Waals surface area contributed by atoms with Gasteiger partial charge in [0.1, 0.15) is 11.9 Å². The highest BCUT2D eigenvalue weighted by atomic mass is 35.5. The predicted molar refractivity (Wildman–Crippen MR) is 95.4 cm³/mol. The van der Waals surface area contributed by atoms with Crippen molar-refractivity contribution in [3.8, 4) is 6.07 Å². The van der Waals surface area contributed by atoms with Gasteiger partial charge < -0.3 is 10.6 Å². The van der Waals surface area contributed by atoms with Gasteiger partial charge in [0.05, 0.1) is 11.8 Å². The van der Waals surface area contributed by atoms with Crippen molar-refractivity contribution in [3.63, 3.8) is 0 Å². The number of nitrogens with one attached hydrogen (secondary N) is 2. The maximum absolute atomic E-state index is 14.1. The number of thiocarbonyl (C=S) groups is 1. The third-order valence-corrected chi connectivity index (χ3v) is 3.96. The van der Waals surface area contributed by atoms with Gasteiger partial charge >= 0.3 is 0 Å². The lowest BCUT2D eigenvalue weighted by Gasteiger charge is -2.27. The van der Waals surface area contributed by atoms with Crippen LogP contribution in [0.25, 0.3) is 0 Å². The van der Waals surface area contributed by atoms with Gasteiger partial charge in [0.15, 0.2) is 10.9 Å². The second kappa shape index (κ2) is 7.51. The molecule has 0 aliphatic heterocycles. The third kappa shape index (κ3) is 4.16. The lowest BCUT2D eigenvalue weighted by atomic mass is 9.84. The van der Waals surface area contributed by atoms with Crippen LogP contribution in [0.15, 0.2) is 30.5 Å². The number of halogens is 2. The van der Waals surface area contributed by atoms with E-state index in [1.54, 1.807) is 12.1 Å². The van der Waals surface area contributed by atoms with Crippen molar-refractivity contribution in [2.24, 2.45) is 0 Å². The van der Waals surface area contributed by atoms with Gasteiger partial charge in [-0.1, -0.05) is 31.5 Å². The number of nitrogens with zero attached hydrogens (tertiary/aromatic N) is 3. The average molecular weight is 364 g/mol. The number of benzene rings is 1. The second-order valence-electron chi connectivity index (χ2n) is 5.69. The Morgan fingerprint density at radius 1 is 1.42 bits per heavy atom. The van der Waals surface area contributed by atoms with Gasteiger partial charge in [-0.25, -0.2) is 4.39 Å². The van der Waals surface area contributed by atoms with E-state index >= 15 is 0 Å². The topological polar surface area (TPSA) is 73.6 Å². The van der Waals surface area contributed by atoms with Crippen molar-refractivity contribution in [2.75, 3.05) is 11.9 Å². The molecule has 0 saturated carbocycles. The van der Waals surface area contributed by atoms with Crippen LogP contribution in [0.4, 0.5) is 10.2 Å². The van der Waals surface area contributed by atoms with Gasteiger partial charge in [-0.2, -0.15) is 10.4 Å². The molecule has 5 nitrogen and oxygen atoms in total. The Bertz CT molecular complexity index is 783. The Hall–Kier alpha value is -2.30. The van der Waals surface area contributed by atoms with Crippen LogP contribution >= 0.6 is 23.8 Å². The molecular formula is C16H15ClFN5S. The molecule has 0 atom stereocenters. The molecule has 0 saturated heterocycles. The molecule has 1 heterocycles. The molecule has 2 N–H and O–H groups in total. The zero-order chi connectivity index (χ0) is 17.7. The maximum Gasteiger partial charge on any atom is 0.172 e. The van der Waals surface area contributed by atoms with E-state index in [4.69, 9.17) is 29.1 Å². The number of hydrogen-bond donors (Lipinski definition) is 2. The fourth-order valence-corrected chi connectivity index (χ4v) is 2.79. The summed E-state index contributed by atoms with van der Waals surface area (Å²) in [5, 5.41) is 23.0. The molecule has 0 spiro atoms. The van der Waals surface area contributed by atoms with Crippen LogP contribution in [0, 0.1) is 17.1 Å². The molecule has 0 unspecified atom stereocenters. The smallest absolute Gasteiger partial charge is 0.172 e. The third-order valence-electron chi connectivity index (χ3n) is 3.40. The Morgan fingerprint density at radius 3 is 2.83 bits per heavy atom. The van der Waals surface area contributed by atoms with Crippen molar-refractivity contribution >= 4 is 34.7 Å². The van der Waals surface area contributed by atoms with Gasteiger partial charge in [-0.3, -0.25) is 0 Å². The van der Waals surface area contributed by atoms with Crippen LogP contribution in [-0.2, 0) is 5.41 Å². The fourth-order valence-electron chi connectivity index (χ4n) is 2.20. The molecule has 2 aromatic rings. The van der Waals surface area contributed by atoms with Crippen LogP contribution in [0.3, 0.4) is 0 Å². The summed E-state index contributed by atoms with van der Waals surface area (Å²) in [7, 11) is 0. The Labute approximate surface area is 149 Å². The Morgan fingerprint density at radius 2 is 2.17 bits per heavy atom. The minimum absolute atomic E-state index is 0.257. The quantitative estimate of drug-likeness (QED) is 0.811. The highest BCUT2D eigenvalue weighted by molar-refractivity contribution is 7.80. The minimum Gasteiger partial charge on any atom is -0.362 e. The van der Waals surface area contributed by atoms with E-state index < -0.39 is 5.41 Å². The highest BCUT2D eigenvalue weighted by Crippen LogP contribution is 2.31. The lowest BCUT2D eigenvalue weighted by molar-refractivity contribution is 0.477. The molecule has 8 heteroatoms. The molecule has 0 aliphatic rings. The minimum atomic E-state index is -0.603. The largest absolute Gasteiger partial charge is 0.362 e. The second-order valence-corrected chi connectivity index (χ2v) is 6.51. The number of aromatic nitrogens is 2. The molecule has 0 fully saturated rings. The molecule has 0 aliphatic carbocycles. The van der Waals surface area contributed by atoms with Crippen molar-refractivity contribution in [3.05, 3.63) is 52.4 Å². The summed E-state index contributed by atoms with van der Waals surface area (Å²) in [4.78, 5) is 0. The summed E-state index contributed by atoms with van der Waals surface area (Å²) in [5.74, 6) is -0.104. The van der Waals surface area contributed by atoms with E-state index in [2.05, 4.69) is 20.8 Å². The summed E-state index contributed by atoms with van der Waals surface area (Å²) in [6, 6.07) is 8.11. The van der Waals surface area contributed by atoms with Gasteiger partial charge in [0.25, 0.3) is 0 Å². The number of anilines is 1. The van der Waals surface area contributed by atoms with Crippen LogP contribution < -0.4 is 10.6 Å². The summed E-state index contributed by atoms with van der Waals surface area (Å²) in [5.41, 5.74) is 0.138. The predicted octanol–water partition coefficient (Wildman–Crippen LogP) is 3.40. The normalized spacial score (nSPS) is 10.8. The molecule has 0 radical (unpaired) electrons. The van der Waals surface area contributed by atoms with E-state index in [0.717, 1.165) is 0 Å². The number of rotatable bonds is 4. The first-order chi connectivity index (χ1) is 11.3. The van der Waals surface area contributed by atoms with Gasteiger partial charge in [0, 0.05) is 22.5 Å². The maximum atomic E-state index is 14.1. The van der Waals surface area contributed by atoms with Gasteiger partial charge in [0.2, 0.25) is 0 Å². The summed E-state index contributed by atoms with van der Waals surface area (Å²) in [6.07, 6.45) is 1.42. The fraction of sp³-hybridized carbons (Fsp3) is 0.250. The standard InChI is InChI=1S/C16H15ClFN5S/c1-16(2,13-11(17)4-3-5-12(13)18)9-20-15(24)22-14-10(8-19)6-7-21-23-14/h3-7H,9H2,1-2H3,(H2,20,22,23,24). The van der Waals surface area contributed by atoms with Crippen molar-refractivity contribution in [1.82, 2.24) is 15.5 Å². The molecule has 24 heavy (non-hydrogen) atoms. The first-order valence-electron chi connectivity index (χ1n) is 7.06. The average Bonchev–Trinajstić information content (AvgIpc) is 2.53. The summed E-state index contributed by atoms with van der Waals surface area (Å²) in [6.45, 7) is 4.05. The molecule has 1 aromatic heterocycles. The molecule has 0 bridgehead atoms. The lowest BCUT2D eigenvalue weighted by Crippen LogP contribution is -2.39. The van der Waals surface area contributed by atoms with E-state index in [0.29, 0.717) is 22.7 Å². The van der Waals surface area contributed by atoms with Crippen LogP contribution in [-0.4, -0.2) is 21.9 Å². The molecule has 1 aromatic carbocycles. The SMILES string of the molecule is CC(C)(CNC(=S)Nc1nnccc1C#N)c1c(F)cccc1Cl. The van der Waals surface area contributed by atoms with Crippen LogP contribution in [0.5, 0.6) is 0 Å². The van der Waals surface area contributed by atoms with Gasteiger partial charge in [-0.05, 0) is 30.4 Å². The monoisotopic (exact) mass is 363 g/mol. The number of hydrogen-bond acceptors (Lipinski definition) is 4. The summed E-state index contributed by atoms with van der Waals surface area (Å²) >= 11 is 11.3. The van der Waals surface area contributed by atoms with Crippen LogP contribution in [0.2, 0.25) is 5.02 Å². The summed E-state index contributed by atoms with van der Waals surface area (Å²) < 4.78 is 14.1. The first kappa shape index (κ1) is 18.0. The Kier molecular flexibility index (Phi) is 5.65. The van der Waals surface area contributed by atoms with E-state index in [1.807, 2.05) is 19.9 Å². The van der Waals surface area contributed by atoms with Crippen molar-refractivity contribution in [2.45, 2.75) is 19.3 Å². The number of nitriles is 1. The highest BCUT2D eigenvalue weighted by Gasteiger charge is 2.27. The molecule has 124 valence electrons. The van der Waals surface area contributed by atoms with E-state index in [1.165, 1.54) is 18.3 Å². The molecule has 2 rings (SSSR count). The molecular weight excluding hydrogens is 349 g/mol. The first-order valence-corrected chi connectivity index (χ1v) is 7.85. The molecule has 0 amide bonds. The van der Waals surface area contributed by atoms with E-state index in [-0.39, 0.29) is 16.7 Å². The zero-order valence-corrected chi connectivity index (χ0v) is 14.7. The zero-order valence-electron chi connectivity index (χ0n) is 13.1. The van der Waals surface area contributed by atoms with Crippen molar-refractivity contribution in [1.29, 1.82) is 5.26 Å². The van der Waals surface area contributed by atoms with Gasteiger partial charge in [-0.15, -0.1) is 5.10 Å². The van der Waals surface area contributed by atoms with Crippen molar-refractivity contribution < 1.29 is 4.39 Å².